The summed E-state index contributed by atoms with van der Waals surface area (Å²) in [6.45, 7) is 11.3. The largest absolute Gasteiger partial charge is 0.481 e. The van der Waals surface area contributed by atoms with Gasteiger partial charge in [0, 0.05) is 0 Å². The molecule has 0 heterocycles. The number of hydrogen-bond acceptors (Lipinski definition) is 4. The Morgan fingerprint density at radius 1 is 0.926 bits per heavy atom. The Bertz CT molecular complexity index is 377. The number of rotatable bonds is 13. The second kappa shape index (κ2) is 14.4. The summed E-state index contributed by atoms with van der Waals surface area (Å²) in [4.78, 5) is 12.2. The van der Waals surface area contributed by atoms with Crippen molar-refractivity contribution in [1.82, 2.24) is 4.90 Å². The third kappa shape index (κ3) is 13.2. The van der Waals surface area contributed by atoms with Crippen molar-refractivity contribution in [3.63, 3.8) is 0 Å². The molecule has 0 aliphatic carbocycles. The van der Waals surface area contributed by atoms with Crippen LogP contribution >= 0.6 is 0 Å². The minimum Gasteiger partial charge on any atom is -0.481 e. The van der Waals surface area contributed by atoms with Crippen LogP contribution in [-0.4, -0.2) is 51.6 Å². The molecule has 0 saturated heterocycles. The molecule has 0 aromatic carbocycles. The zero-order valence-electron chi connectivity index (χ0n) is 19.2. The molecule has 2 atom stereocenters. The van der Waals surface area contributed by atoms with Crippen LogP contribution in [-0.2, 0) is 4.79 Å². The van der Waals surface area contributed by atoms with Gasteiger partial charge >= 0.3 is 5.97 Å². The SMILES string of the molecule is CC(C)CC(O)(N(C)C)C(C)(C)O.CCCCCCCCCC(C)C(=O)O. The fourth-order valence-electron chi connectivity index (χ4n) is 3.08. The van der Waals surface area contributed by atoms with E-state index in [0.29, 0.717) is 12.3 Å². The van der Waals surface area contributed by atoms with Gasteiger partial charge < -0.3 is 15.3 Å². The topological polar surface area (TPSA) is 81.0 Å². The van der Waals surface area contributed by atoms with Crippen LogP contribution in [0.25, 0.3) is 0 Å². The standard InChI is InChI=1S/C12H24O2.C10H23NO2/c1-3-4-5-6-7-8-9-10-11(2)12(13)14;1-8(2)7-10(13,11(5)6)9(3,4)12/h11H,3-10H2,1-2H3,(H,13,14);8,12-13H,7H2,1-6H3. The van der Waals surface area contributed by atoms with Crippen molar-refractivity contribution in [2.24, 2.45) is 11.8 Å². The van der Waals surface area contributed by atoms with E-state index in [1.54, 1.807) is 39.8 Å². The average Bonchev–Trinajstić information content (AvgIpc) is 2.52. The molecular weight excluding hydrogens is 342 g/mol. The predicted molar refractivity (Wildman–Crippen MR) is 114 cm³/mol. The summed E-state index contributed by atoms with van der Waals surface area (Å²) in [6, 6.07) is 0. The summed E-state index contributed by atoms with van der Waals surface area (Å²) in [6.07, 6.45) is 10.2. The van der Waals surface area contributed by atoms with Gasteiger partial charge in [0.1, 0.15) is 11.3 Å². The lowest BCUT2D eigenvalue weighted by Crippen LogP contribution is -2.60. The fraction of sp³-hybridized carbons (Fsp3) is 0.955. The number of hydrogen-bond donors (Lipinski definition) is 3. The molecule has 5 nitrogen and oxygen atoms in total. The first-order valence-electron chi connectivity index (χ1n) is 10.6. The molecule has 0 spiro atoms. The highest BCUT2D eigenvalue weighted by atomic mass is 16.4. The van der Waals surface area contributed by atoms with Gasteiger partial charge in [0.25, 0.3) is 0 Å². The molecule has 0 aliphatic heterocycles. The molecule has 0 aliphatic rings. The fourth-order valence-corrected chi connectivity index (χ4v) is 3.08. The van der Waals surface area contributed by atoms with Crippen LogP contribution in [0, 0.1) is 11.8 Å². The van der Waals surface area contributed by atoms with E-state index in [2.05, 4.69) is 6.92 Å². The summed E-state index contributed by atoms with van der Waals surface area (Å²) in [5, 5.41) is 28.8. The van der Waals surface area contributed by atoms with Gasteiger partial charge in [0.05, 0.1) is 5.92 Å². The van der Waals surface area contributed by atoms with Crippen LogP contribution in [0.1, 0.15) is 99.3 Å². The van der Waals surface area contributed by atoms with E-state index >= 15 is 0 Å². The molecule has 3 N–H and O–H groups in total. The van der Waals surface area contributed by atoms with E-state index in [-0.39, 0.29) is 5.92 Å². The van der Waals surface area contributed by atoms with Crippen molar-refractivity contribution in [1.29, 1.82) is 0 Å². The lowest BCUT2D eigenvalue weighted by molar-refractivity contribution is -0.213. The summed E-state index contributed by atoms with van der Waals surface area (Å²) in [5.41, 5.74) is -2.26. The molecular formula is C22H47NO4. The smallest absolute Gasteiger partial charge is 0.306 e. The lowest BCUT2D eigenvalue weighted by Gasteiger charge is -2.44. The molecule has 0 rings (SSSR count). The number of nitrogens with zero attached hydrogens (tertiary/aromatic N) is 1. The van der Waals surface area contributed by atoms with Crippen LogP contribution in [0.3, 0.4) is 0 Å². The highest BCUT2D eigenvalue weighted by molar-refractivity contribution is 5.69. The second-order valence-electron chi connectivity index (χ2n) is 9.02. The van der Waals surface area contributed by atoms with Crippen LogP contribution in [0.2, 0.25) is 0 Å². The first-order valence-corrected chi connectivity index (χ1v) is 10.6. The van der Waals surface area contributed by atoms with Gasteiger partial charge in [-0.25, -0.2) is 0 Å². The van der Waals surface area contributed by atoms with Crippen molar-refractivity contribution < 1.29 is 20.1 Å². The molecule has 27 heavy (non-hydrogen) atoms. The third-order valence-corrected chi connectivity index (χ3v) is 5.07. The van der Waals surface area contributed by atoms with Crippen molar-refractivity contribution in [3.8, 4) is 0 Å². The Kier molecular flexibility index (Phi) is 15.2. The number of carboxylic acids is 1. The Labute approximate surface area is 168 Å². The maximum absolute atomic E-state index is 10.5. The van der Waals surface area contributed by atoms with E-state index in [4.69, 9.17) is 5.11 Å². The predicted octanol–water partition coefficient (Wildman–Crippen LogP) is 4.90. The van der Waals surface area contributed by atoms with Crippen molar-refractivity contribution >= 4 is 5.97 Å². The van der Waals surface area contributed by atoms with Gasteiger partial charge in [0.2, 0.25) is 0 Å². The number of carbonyl (C=O) groups is 1. The summed E-state index contributed by atoms with van der Waals surface area (Å²) >= 11 is 0. The van der Waals surface area contributed by atoms with E-state index in [0.717, 1.165) is 12.8 Å². The van der Waals surface area contributed by atoms with Gasteiger partial charge in [-0.1, -0.05) is 72.6 Å². The van der Waals surface area contributed by atoms with Gasteiger partial charge in [-0.15, -0.1) is 0 Å². The number of unbranched alkanes of at least 4 members (excludes halogenated alkanes) is 6. The first kappa shape index (κ1) is 28.6. The van der Waals surface area contributed by atoms with Gasteiger partial charge in [-0.2, -0.15) is 0 Å². The molecule has 0 aromatic rings. The maximum atomic E-state index is 10.5. The van der Waals surface area contributed by atoms with Crippen molar-refractivity contribution in [2.45, 2.75) is 111 Å². The lowest BCUT2D eigenvalue weighted by atomic mass is 9.86. The summed E-state index contributed by atoms with van der Waals surface area (Å²) < 4.78 is 0. The molecule has 0 bridgehead atoms. The number of likely N-dealkylation sites (N-methyl/N-ethyl adjacent to an activating group) is 1. The third-order valence-electron chi connectivity index (χ3n) is 5.07. The number of aliphatic hydroxyl groups is 2. The van der Waals surface area contributed by atoms with Crippen molar-refractivity contribution in [3.05, 3.63) is 0 Å². The quantitative estimate of drug-likeness (QED) is 0.308. The molecule has 164 valence electrons. The van der Waals surface area contributed by atoms with Crippen LogP contribution in [0.15, 0.2) is 0 Å². The van der Waals surface area contributed by atoms with E-state index in [1.165, 1.54) is 38.5 Å². The zero-order chi connectivity index (χ0) is 21.7. The minimum atomic E-state index is -1.15. The second-order valence-corrected chi connectivity index (χ2v) is 9.02. The highest BCUT2D eigenvalue weighted by Gasteiger charge is 2.44. The number of carboxylic acid groups (broad SMARTS) is 1. The van der Waals surface area contributed by atoms with Crippen LogP contribution in [0.5, 0.6) is 0 Å². The Morgan fingerprint density at radius 3 is 1.67 bits per heavy atom. The van der Waals surface area contributed by atoms with Crippen LogP contribution < -0.4 is 0 Å². The van der Waals surface area contributed by atoms with Gasteiger partial charge in [-0.3, -0.25) is 9.69 Å². The molecule has 0 fully saturated rings. The minimum absolute atomic E-state index is 0.161. The molecule has 5 heteroatoms. The Morgan fingerprint density at radius 2 is 1.37 bits per heavy atom. The molecule has 0 aromatic heterocycles. The van der Waals surface area contributed by atoms with Crippen molar-refractivity contribution in [2.75, 3.05) is 14.1 Å². The summed E-state index contributed by atoms with van der Waals surface area (Å²) in [5.74, 6) is -0.472. The Hall–Kier alpha value is -0.650. The van der Waals surface area contributed by atoms with Crippen LogP contribution in [0.4, 0.5) is 0 Å². The van der Waals surface area contributed by atoms with E-state index in [9.17, 15) is 15.0 Å². The molecule has 0 amide bonds. The first-order chi connectivity index (χ1) is 12.3. The zero-order valence-corrected chi connectivity index (χ0v) is 19.2. The van der Waals surface area contributed by atoms with Gasteiger partial charge in [0.15, 0.2) is 0 Å². The maximum Gasteiger partial charge on any atom is 0.306 e. The highest BCUT2D eigenvalue weighted by Crippen LogP contribution is 2.30. The Balaban J connectivity index is 0. The van der Waals surface area contributed by atoms with E-state index in [1.807, 2.05) is 13.8 Å². The molecule has 0 saturated carbocycles. The molecule has 0 radical (unpaired) electrons. The van der Waals surface area contributed by atoms with Gasteiger partial charge in [-0.05, 0) is 46.7 Å². The number of aliphatic carboxylic acids is 1. The average molecular weight is 390 g/mol. The normalized spacial score (nSPS) is 15.3. The molecule has 2 unspecified atom stereocenters. The monoisotopic (exact) mass is 389 g/mol. The summed E-state index contributed by atoms with van der Waals surface area (Å²) in [7, 11) is 3.56. The van der Waals surface area contributed by atoms with E-state index < -0.39 is 17.3 Å².